The first-order valence-electron chi connectivity index (χ1n) is 3.66. The number of hydrogen-bond acceptors (Lipinski definition) is 1. The van der Waals surface area contributed by atoms with Gasteiger partial charge in [0.25, 0.3) is 0 Å². The molecule has 1 aliphatic heterocycles. The lowest BCUT2D eigenvalue weighted by molar-refractivity contribution is -0.656. The fourth-order valence-electron chi connectivity index (χ4n) is 1.38. The molecule has 10 heavy (non-hydrogen) atoms. The quantitative estimate of drug-likeness (QED) is 0.505. The lowest BCUT2D eigenvalue weighted by atomic mass is 10.4. The molecule has 0 saturated heterocycles. The predicted molar refractivity (Wildman–Crippen MR) is 38.7 cm³/mol. The van der Waals surface area contributed by atoms with Crippen molar-refractivity contribution in [3.63, 3.8) is 0 Å². The Hall–Kier alpha value is -0.990. The lowest BCUT2D eigenvalue weighted by Crippen LogP contribution is -2.33. The summed E-state index contributed by atoms with van der Waals surface area (Å²) in [6.45, 7) is 2.26. The van der Waals surface area contributed by atoms with Crippen LogP contribution in [0, 0.1) is 0 Å². The van der Waals surface area contributed by atoms with Crippen molar-refractivity contribution < 1.29 is 4.57 Å². The molecule has 0 atom stereocenters. The molecule has 3 heteroatoms. The highest BCUT2D eigenvalue weighted by Crippen LogP contribution is 2.07. The summed E-state index contributed by atoms with van der Waals surface area (Å²) in [4.78, 5) is 0. The van der Waals surface area contributed by atoms with Crippen LogP contribution in [0.2, 0.25) is 0 Å². The average molecular weight is 138 g/mol. The molecule has 0 aromatic carbocycles. The predicted octanol–water partition coefficient (Wildman–Crippen LogP) is 0.128. The molecule has 0 bridgehead atoms. The van der Waals surface area contributed by atoms with Crippen LogP contribution in [0.25, 0.3) is 0 Å². The maximum atomic E-state index is 3.34. The van der Waals surface area contributed by atoms with E-state index >= 15 is 0 Å². The zero-order valence-electron chi connectivity index (χ0n) is 6.17. The van der Waals surface area contributed by atoms with Crippen LogP contribution in [0.15, 0.2) is 12.4 Å². The summed E-state index contributed by atoms with van der Waals surface area (Å²) in [6.07, 6.45) is 5.43. The second-order valence-corrected chi connectivity index (χ2v) is 2.71. The molecule has 0 aliphatic carbocycles. The Morgan fingerprint density at radius 3 is 3.40 bits per heavy atom. The molecule has 1 N–H and O–H groups in total. The Labute approximate surface area is 60.3 Å². The second-order valence-electron chi connectivity index (χ2n) is 2.71. The van der Waals surface area contributed by atoms with Crippen molar-refractivity contribution in [3.8, 4) is 0 Å². The highest BCUT2D eigenvalue weighted by Gasteiger charge is 2.16. The van der Waals surface area contributed by atoms with E-state index in [1.54, 1.807) is 0 Å². The van der Waals surface area contributed by atoms with Gasteiger partial charge in [0.2, 0.25) is 0 Å². The third-order valence-corrected chi connectivity index (χ3v) is 1.94. The van der Waals surface area contributed by atoms with Crippen LogP contribution >= 0.6 is 0 Å². The van der Waals surface area contributed by atoms with Crippen LogP contribution in [-0.2, 0) is 13.6 Å². The van der Waals surface area contributed by atoms with Gasteiger partial charge in [0.05, 0.1) is 32.5 Å². The minimum atomic E-state index is 1.11. The number of aryl methyl sites for hydroxylation is 2. The first kappa shape index (κ1) is 5.77. The van der Waals surface area contributed by atoms with Crippen LogP contribution < -0.4 is 9.88 Å². The van der Waals surface area contributed by atoms with Crippen molar-refractivity contribution in [3.05, 3.63) is 12.4 Å². The standard InChI is InChI=1S/C7H11N3/c1-9-5-6-10-4-2-3-8-7(9)10/h5-6H,2-4H2,1H3/p+1. The van der Waals surface area contributed by atoms with Gasteiger partial charge >= 0.3 is 5.95 Å². The number of anilines is 1. The molecule has 54 valence electrons. The number of rotatable bonds is 0. The lowest BCUT2D eigenvalue weighted by Gasteiger charge is -2.09. The summed E-state index contributed by atoms with van der Waals surface area (Å²) in [5.41, 5.74) is 0. The molecule has 3 nitrogen and oxygen atoms in total. The molecule has 1 aliphatic rings. The van der Waals surface area contributed by atoms with Crippen LogP contribution in [0.4, 0.5) is 5.95 Å². The van der Waals surface area contributed by atoms with Gasteiger partial charge in [0.1, 0.15) is 0 Å². The van der Waals surface area contributed by atoms with Gasteiger partial charge in [-0.1, -0.05) is 0 Å². The fourth-order valence-corrected chi connectivity index (χ4v) is 1.38. The van der Waals surface area contributed by atoms with Crippen molar-refractivity contribution in [1.29, 1.82) is 0 Å². The number of aromatic nitrogens is 2. The van der Waals surface area contributed by atoms with Gasteiger partial charge in [-0.15, -0.1) is 0 Å². The van der Waals surface area contributed by atoms with Gasteiger partial charge < -0.3 is 0 Å². The zero-order chi connectivity index (χ0) is 6.97. The summed E-state index contributed by atoms with van der Waals surface area (Å²) in [7, 11) is 2.06. The van der Waals surface area contributed by atoms with Crippen LogP contribution in [0.5, 0.6) is 0 Å². The van der Waals surface area contributed by atoms with Gasteiger partial charge in [-0.2, -0.15) is 0 Å². The smallest absolute Gasteiger partial charge is 0.277 e. The SMILES string of the molecule is C[n+]1ccn2c1NCCC2. The number of nitrogens with one attached hydrogen (secondary N) is 1. The Morgan fingerprint density at radius 1 is 1.70 bits per heavy atom. The van der Waals surface area contributed by atoms with E-state index in [9.17, 15) is 0 Å². The minimum absolute atomic E-state index is 1.11. The van der Waals surface area contributed by atoms with Gasteiger partial charge in [0.15, 0.2) is 0 Å². The normalized spacial score (nSPS) is 16.1. The third kappa shape index (κ3) is 0.701. The monoisotopic (exact) mass is 138 g/mol. The molecule has 2 heterocycles. The minimum Gasteiger partial charge on any atom is -0.277 e. The van der Waals surface area contributed by atoms with Crippen molar-refractivity contribution >= 4 is 5.95 Å². The van der Waals surface area contributed by atoms with E-state index in [2.05, 4.69) is 33.9 Å². The molecule has 1 aromatic rings. The first-order valence-corrected chi connectivity index (χ1v) is 3.66. The molecule has 0 spiro atoms. The molecule has 2 rings (SSSR count). The average Bonchev–Trinajstić information content (AvgIpc) is 2.34. The molecule has 0 radical (unpaired) electrons. The highest BCUT2D eigenvalue weighted by molar-refractivity contribution is 5.20. The van der Waals surface area contributed by atoms with Gasteiger partial charge in [-0.3, -0.25) is 5.32 Å². The van der Waals surface area contributed by atoms with Gasteiger partial charge in [0, 0.05) is 6.42 Å². The van der Waals surface area contributed by atoms with Crippen LogP contribution in [0.3, 0.4) is 0 Å². The molecular weight excluding hydrogens is 126 g/mol. The molecule has 1 aromatic heterocycles. The topological polar surface area (TPSA) is 20.8 Å². The van der Waals surface area contributed by atoms with Crippen LogP contribution in [0.1, 0.15) is 6.42 Å². The highest BCUT2D eigenvalue weighted by atomic mass is 15.3. The second kappa shape index (κ2) is 2.01. The van der Waals surface area contributed by atoms with E-state index in [-0.39, 0.29) is 0 Å². The van der Waals surface area contributed by atoms with E-state index in [0.717, 1.165) is 13.1 Å². The number of fused-ring (bicyclic) bond motifs is 1. The number of hydrogen-bond donors (Lipinski definition) is 1. The van der Waals surface area contributed by atoms with Crippen LogP contribution in [-0.4, -0.2) is 11.1 Å². The summed E-state index contributed by atoms with van der Waals surface area (Å²) < 4.78 is 4.35. The summed E-state index contributed by atoms with van der Waals surface area (Å²) in [5, 5.41) is 3.34. The summed E-state index contributed by atoms with van der Waals surface area (Å²) >= 11 is 0. The van der Waals surface area contributed by atoms with Gasteiger partial charge in [-0.25, -0.2) is 9.13 Å². The van der Waals surface area contributed by atoms with E-state index in [0.29, 0.717) is 0 Å². The molecule has 0 fully saturated rings. The molecule has 0 amide bonds. The first-order chi connectivity index (χ1) is 4.88. The van der Waals surface area contributed by atoms with E-state index in [4.69, 9.17) is 0 Å². The Morgan fingerprint density at radius 2 is 2.60 bits per heavy atom. The fraction of sp³-hybridized carbons (Fsp3) is 0.571. The van der Waals surface area contributed by atoms with E-state index in [1.807, 2.05) is 0 Å². The van der Waals surface area contributed by atoms with E-state index < -0.39 is 0 Å². The number of nitrogens with zero attached hydrogens (tertiary/aromatic N) is 2. The van der Waals surface area contributed by atoms with Crippen molar-refractivity contribution in [2.75, 3.05) is 11.9 Å². The molecule has 0 unspecified atom stereocenters. The van der Waals surface area contributed by atoms with Crippen molar-refractivity contribution in [2.24, 2.45) is 7.05 Å². The van der Waals surface area contributed by atoms with Gasteiger partial charge in [-0.05, 0) is 0 Å². The molecular formula is C7H12N3+. The summed E-state index contributed by atoms with van der Waals surface area (Å²) in [5.74, 6) is 1.23. The zero-order valence-corrected chi connectivity index (χ0v) is 6.17. The number of imidazole rings is 1. The van der Waals surface area contributed by atoms with Crippen molar-refractivity contribution in [2.45, 2.75) is 13.0 Å². The Kier molecular flexibility index (Phi) is 1.16. The third-order valence-electron chi connectivity index (χ3n) is 1.94. The maximum Gasteiger partial charge on any atom is 0.357 e. The maximum absolute atomic E-state index is 3.34. The Bertz CT molecular complexity index is 239. The Balaban J connectivity index is 2.45. The largest absolute Gasteiger partial charge is 0.357 e. The summed E-state index contributed by atoms with van der Waals surface area (Å²) in [6, 6.07) is 0. The van der Waals surface area contributed by atoms with Crippen molar-refractivity contribution in [1.82, 2.24) is 4.57 Å². The molecule has 0 saturated carbocycles. The van der Waals surface area contributed by atoms with E-state index in [1.165, 1.54) is 12.4 Å².